The van der Waals surface area contributed by atoms with Crippen molar-refractivity contribution in [2.24, 2.45) is 11.0 Å². The summed E-state index contributed by atoms with van der Waals surface area (Å²) in [6, 6.07) is -1.39. The van der Waals surface area contributed by atoms with Crippen LogP contribution in [0.3, 0.4) is 0 Å². The van der Waals surface area contributed by atoms with Gasteiger partial charge in [0.05, 0.1) is 31.0 Å². The predicted molar refractivity (Wildman–Crippen MR) is 110 cm³/mol. The van der Waals surface area contributed by atoms with Gasteiger partial charge in [0.1, 0.15) is 24.4 Å². The summed E-state index contributed by atoms with van der Waals surface area (Å²) in [5.41, 5.74) is 8.97. The molecular weight excluding hydrogens is 452 g/mol. The SMILES string of the molecule is CPPC1OCC2O[C@@H](O[C@@H]3C(C)O[C@@H](C)C(C)[C@@H]3O)C(N=[N+]=[N-])[C@@H](O)[C@@H]2O1.O=C=O. The topological polar surface area (TPSA) is 170 Å². The first-order valence-corrected chi connectivity index (χ1v) is 13.4. The summed E-state index contributed by atoms with van der Waals surface area (Å²) < 4.78 is 29.3. The van der Waals surface area contributed by atoms with Crippen molar-refractivity contribution < 1.29 is 43.5 Å². The normalized spacial score (nSPS) is 45.4. The molecule has 3 aliphatic heterocycles. The molecule has 3 rings (SSSR count). The summed E-state index contributed by atoms with van der Waals surface area (Å²) in [5, 5.41) is 25.2. The molecule has 3 fully saturated rings. The van der Waals surface area contributed by atoms with Gasteiger partial charge in [-0.25, -0.2) is 0 Å². The minimum absolute atomic E-state index is 0.114. The van der Waals surface area contributed by atoms with E-state index in [0.717, 1.165) is 0 Å². The molecule has 0 spiro atoms. The Balaban J connectivity index is 0.00000107. The highest BCUT2D eigenvalue weighted by atomic mass is 32.0. The van der Waals surface area contributed by atoms with Crippen LogP contribution in [0.25, 0.3) is 10.4 Å². The molecule has 12 nitrogen and oxygen atoms in total. The third-order valence-electron chi connectivity index (χ3n) is 5.58. The molecule has 3 saturated heterocycles. The minimum atomic E-state index is -1.11. The molecule has 0 aromatic rings. The Morgan fingerprint density at radius 1 is 1.13 bits per heavy atom. The van der Waals surface area contributed by atoms with Gasteiger partial charge in [-0.2, -0.15) is 9.59 Å². The van der Waals surface area contributed by atoms with E-state index in [4.69, 9.17) is 38.8 Å². The van der Waals surface area contributed by atoms with Gasteiger partial charge in [-0.05, 0) is 34.3 Å². The van der Waals surface area contributed by atoms with Gasteiger partial charge >= 0.3 is 6.15 Å². The number of azide groups is 1. The lowest BCUT2D eigenvalue weighted by molar-refractivity contribution is -0.343. The maximum Gasteiger partial charge on any atom is 0.373 e. The summed E-state index contributed by atoms with van der Waals surface area (Å²) in [6.45, 7) is 7.90. The molecular formula is C17H29N3O9P2. The zero-order valence-corrected chi connectivity index (χ0v) is 19.7. The molecule has 13 atom stereocenters. The van der Waals surface area contributed by atoms with E-state index in [1.54, 1.807) is 0 Å². The van der Waals surface area contributed by atoms with Crippen molar-refractivity contribution in [2.45, 2.75) is 81.9 Å². The monoisotopic (exact) mass is 481 g/mol. The van der Waals surface area contributed by atoms with Crippen molar-refractivity contribution in [3.63, 3.8) is 0 Å². The van der Waals surface area contributed by atoms with Gasteiger partial charge < -0.3 is 33.9 Å². The summed E-state index contributed by atoms with van der Waals surface area (Å²) >= 11 is 0. The molecule has 3 aliphatic rings. The lowest BCUT2D eigenvalue weighted by Crippen LogP contribution is -2.64. The number of aliphatic hydroxyl groups is 2. The van der Waals surface area contributed by atoms with Gasteiger partial charge in [0.25, 0.3) is 0 Å². The Labute approximate surface area is 183 Å². The van der Waals surface area contributed by atoms with Crippen molar-refractivity contribution in [1.82, 2.24) is 0 Å². The van der Waals surface area contributed by atoms with Gasteiger partial charge in [-0.1, -0.05) is 20.3 Å². The van der Waals surface area contributed by atoms with Crippen molar-refractivity contribution in [3.05, 3.63) is 10.4 Å². The Morgan fingerprint density at radius 3 is 2.42 bits per heavy atom. The highest BCUT2D eigenvalue weighted by Gasteiger charge is 2.51. The summed E-state index contributed by atoms with van der Waals surface area (Å²) in [4.78, 5) is 19.1. The molecule has 3 heterocycles. The van der Waals surface area contributed by atoms with Crippen molar-refractivity contribution >= 4 is 22.7 Å². The van der Waals surface area contributed by atoms with Crippen LogP contribution in [-0.4, -0.2) is 90.7 Å². The molecule has 0 radical (unpaired) electrons. The third kappa shape index (κ3) is 6.41. The molecule has 0 amide bonds. The fourth-order valence-corrected chi connectivity index (χ4v) is 5.60. The van der Waals surface area contributed by atoms with Crippen LogP contribution in [0.4, 0.5) is 0 Å². The van der Waals surface area contributed by atoms with E-state index in [9.17, 15) is 10.2 Å². The van der Waals surface area contributed by atoms with Crippen LogP contribution in [-0.2, 0) is 33.3 Å². The number of rotatable bonds is 5. The van der Waals surface area contributed by atoms with Gasteiger partial charge in [-0.3, -0.25) is 0 Å². The number of hydrogen-bond acceptors (Lipinski definition) is 10. The fourth-order valence-electron chi connectivity index (χ4n) is 3.80. The molecule has 14 heteroatoms. The summed E-state index contributed by atoms with van der Waals surface area (Å²) in [6.07, 6.45) is -5.08. The molecule has 7 unspecified atom stereocenters. The largest absolute Gasteiger partial charge is 0.390 e. The number of ether oxygens (including phenoxy) is 5. The zero-order chi connectivity index (χ0) is 23.1. The Bertz CT molecular complexity index is 665. The van der Waals surface area contributed by atoms with E-state index in [-0.39, 0.29) is 36.9 Å². The quantitative estimate of drug-likeness (QED) is 0.251. The fraction of sp³-hybridized carbons (Fsp3) is 0.941. The average molecular weight is 481 g/mol. The zero-order valence-electron chi connectivity index (χ0n) is 17.7. The first-order chi connectivity index (χ1) is 14.8. The highest BCUT2D eigenvalue weighted by molar-refractivity contribution is 8.11. The van der Waals surface area contributed by atoms with Gasteiger partial charge in [0, 0.05) is 10.8 Å². The van der Waals surface area contributed by atoms with Gasteiger partial charge in [-0.15, -0.1) is 0 Å². The molecule has 0 saturated carbocycles. The molecule has 176 valence electrons. The summed E-state index contributed by atoms with van der Waals surface area (Å²) in [7, 11) is 1.14. The molecule has 0 aromatic heterocycles. The third-order valence-corrected chi connectivity index (χ3v) is 7.98. The van der Waals surface area contributed by atoms with Crippen LogP contribution >= 0.6 is 16.5 Å². The van der Waals surface area contributed by atoms with E-state index in [1.807, 2.05) is 20.8 Å². The van der Waals surface area contributed by atoms with Gasteiger partial charge in [0.2, 0.25) is 0 Å². The Morgan fingerprint density at radius 2 is 1.81 bits per heavy atom. The summed E-state index contributed by atoms with van der Waals surface area (Å²) in [5.74, 6) is -0.140. The first kappa shape index (κ1) is 26.5. The minimum Gasteiger partial charge on any atom is -0.390 e. The van der Waals surface area contributed by atoms with Crippen LogP contribution in [0.2, 0.25) is 0 Å². The van der Waals surface area contributed by atoms with Crippen LogP contribution in [0.15, 0.2) is 5.11 Å². The van der Waals surface area contributed by atoms with E-state index < -0.39 is 42.9 Å². The maximum absolute atomic E-state index is 10.8. The van der Waals surface area contributed by atoms with Crippen molar-refractivity contribution in [3.8, 4) is 0 Å². The second kappa shape index (κ2) is 12.5. The molecule has 2 N–H and O–H groups in total. The standard InChI is InChI=1S/C16H29N3O7P2.CO2/c1-6-7(2)23-8(3)13(11(6)20)25-15-10(18-19-17)12(21)14-9(24-15)5-22-16(26-14)28-27-4;2-1-3/h6-16,20-21,27-28H,5H2,1-4H3;/t6?,7-,8?,9?,10?,11-,12+,13+,14+,15-,16?;/m0./s1. The van der Waals surface area contributed by atoms with Crippen LogP contribution in [0.5, 0.6) is 0 Å². The first-order valence-electron chi connectivity index (χ1n) is 9.84. The number of carbonyl (C=O) groups excluding carboxylic acids is 2. The van der Waals surface area contributed by atoms with Crippen molar-refractivity contribution in [1.29, 1.82) is 0 Å². The van der Waals surface area contributed by atoms with Crippen LogP contribution < -0.4 is 0 Å². The van der Waals surface area contributed by atoms with Crippen LogP contribution in [0, 0.1) is 5.92 Å². The second-order valence-electron chi connectivity index (χ2n) is 7.47. The van der Waals surface area contributed by atoms with E-state index in [2.05, 4.69) is 16.7 Å². The van der Waals surface area contributed by atoms with Gasteiger partial charge in [0.15, 0.2) is 12.3 Å². The lowest BCUT2D eigenvalue weighted by Gasteiger charge is -2.49. The van der Waals surface area contributed by atoms with E-state index in [1.165, 1.54) is 0 Å². The van der Waals surface area contributed by atoms with Crippen LogP contribution in [0.1, 0.15) is 20.8 Å². The Kier molecular flexibility index (Phi) is 10.7. The number of aliphatic hydroxyl groups excluding tert-OH is 2. The average Bonchev–Trinajstić information content (AvgIpc) is 2.73. The van der Waals surface area contributed by atoms with E-state index >= 15 is 0 Å². The number of fused-ring (bicyclic) bond motifs is 1. The smallest absolute Gasteiger partial charge is 0.373 e. The maximum atomic E-state index is 10.8. The lowest BCUT2D eigenvalue weighted by atomic mass is 9.89. The predicted octanol–water partition coefficient (Wildman–Crippen LogP) is 0.958. The molecule has 0 bridgehead atoms. The highest BCUT2D eigenvalue weighted by Crippen LogP contribution is 2.43. The van der Waals surface area contributed by atoms with E-state index in [0.29, 0.717) is 16.5 Å². The Hall–Kier alpha value is -0.730. The molecule has 0 aliphatic carbocycles. The number of hydrogen-bond donors (Lipinski definition) is 2. The molecule has 0 aromatic carbocycles. The molecule has 31 heavy (non-hydrogen) atoms. The number of nitrogens with zero attached hydrogens (tertiary/aromatic N) is 3. The van der Waals surface area contributed by atoms with Crippen molar-refractivity contribution in [2.75, 3.05) is 13.3 Å². The second-order valence-corrected chi connectivity index (χ2v) is 11.1.